The van der Waals surface area contributed by atoms with Crippen LogP contribution in [0.3, 0.4) is 0 Å². The predicted octanol–water partition coefficient (Wildman–Crippen LogP) is 4.09. The maximum atomic E-state index is 12.6. The van der Waals surface area contributed by atoms with Crippen LogP contribution in [-0.4, -0.2) is 31.9 Å². The summed E-state index contributed by atoms with van der Waals surface area (Å²) < 4.78 is 0. The van der Waals surface area contributed by atoms with E-state index in [1.165, 1.54) is 6.33 Å². The number of benzene rings is 2. The summed E-state index contributed by atoms with van der Waals surface area (Å²) in [6, 6.07) is 20.1. The maximum Gasteiger partial charge on any atom is 0.354 e. The van der Waals surface area contributed by atoms with Gasteiger partial charge in [0.15, 0.2) is 5.69 Å². The van der Waals surface area contributed by atoms with Crippen LogP contribution in [0.1, 0.15) is 20.8 Å². The molecule has 2 heterocycles. The van der Waals surface area contributed by atoms with Crippen molar-refractivity contribution >= 4 is 17.7 Å². The number of carbonyl (C=O) groups is 2. The normalized spacial score (nSPS) is 10.5. The van der Waals surface area contributed by atoms with Crippen LogP contribution in [0.5, 0.6) is 0 Å². The number of rotatable bonds is 5. The number of anilines is 1. The van der Waals surface area contributed by atoms with Gasteiger partial charge < -0.3 is 15.4 Å². The zero-order valence-corrected chi connectivity index (χ0v) is 15.2. The second-order valence-corrected chi connectivity index (χ2v) is 6.26. The van der Waals surface area contributed by atoms with Gasteiger partial charge in [-0.1, -0.05) is 42.5 Å². The molecule has 0 aliphatic heterocycles. The summed E-state index contributed by atoms with van der Waals surface area (Å²) in [7, 11) is 0. The first-order valence-corrected chi connectivity index (χ1v) is 8.82. The minimum absolute atomic E-state index is 0.00382. The highest BCUT2D eigenvalue weighted by atomic mass is 16.4. The van der Waals surface area contributed by atoms with E-state index in [4.69, 9.17) is 0 Å². The van der Waals surface area contributed by atoms with Crippen LogP contribution in [0.25, 0.3) is 22.4 Å². The maximum absolute atomic E-state index is 12.6. The van der Waals surface area contributed by atoms with Crippen molar-refractivity contribution in [3.05, 3.63) is 90.5 Å². The topological polar surface area (TPSA) is 108 Å². The molecule has 0 bridgehead atoms. The van der Waals surface area contributed by atoms with E-state index >= 15 is 0 Å². The van der Waals surface area contributed by atoms with E-state index in [0.717, 1.165) is 11.1 Å². The Labute approximate surface area is 166 Å². The van der Waals surface area contributed by atoms with E-state index in [1.54, 1.807) is 30.5 Å². The number of imidazole rings is 1. The summed E-state index contributed by atoms with van der Waals surface area (Å²) in [5.41, 5.74) is 3.33. The second kappa shape index (κ2) is 7.77. The molecule has 7 nitrogen and oxygen atoms in total. The Morgan fingerprint density at radius 1 is 0.862 bits per heavy atom. The van der Waals surface area contributed by atoms with Crippen LogP contribution in [-0.2, 0) is 0 Å². The molecule has 4 rings (SSSR count). The van der Waals surface area contributed by atoms with Crippen molar-refractivity contribution < 1.29 is 14.7 Å². The number of carboxylic acids is 1. The highest BCUT2D eigenvalue weighted by Crippen LogP contribution is 2.23. The van der Waals surface area contributed by atoms with E-state index in [0.29, 0.717) is 22.6 Å². The number of pyridine rings is 1. The second-order valence-electron chi connectivity index (χ2n) is 6.26. The molecule has 0 saturated heterocycles. The standard InChI is InChI=1S/C22H16N4O3/c27-21(26-18-12-17(10-11-23-18)14-4-2-1-3-5-14)16-8-6-15(7-9-16)19-20(22(28)29)25-13-24-19/h1-13H,(H,24,25)(H,28,29)(H,23,26,27). The number of aromatic amines is 1. The van der Waals surface area contributed by atoms with Gasteiger partial charge in [-0.25, -0.2) is 14.8 Å². The first kappa shape index (κ1) is 18.1. The molecule has 1 amide bonds. The number of carboxylic acid groups (broad SMARTS) is 1. The average Bonchev–Trinajstić information content (AvgIpc) is 3.25. The van der Waals surface area contributed by atoms with Crippen molar-refractivity contribution in [2.75, 3.05) is 5.32 Å². The minimum atomic E-state index is -1.09. The quantitative estimate of drug-likeness (QED) is 0.480. The zero-order chi connectivity index (χ0) is 20.2. The molecule has 0 radical (unpaired) electrons. The van der Waals surface area contributed by atoms with Crippen LogP contribution in [0, 0.1) is 0 Å². The van der Waals surface area contributed by atoms with Crippen LogP contribution in [0.4, 0.5) is 5.82 Å². The lowest BCUT2D eigenvalue weighted by Crippen LogP contribution is -2.12. The SMILES string of the molecule is O=C(Nc1cc(-c2ccccc2)ccn1)c1ccc(-c2nc[nH]c2C(=O)O)cc1. The van der Waals surface area contributed by atoms with Gasteiger partial charge in [0.25, 0.3) is 5.91 Å². The molecule has 7 heteroatoms. The molecule has 2 aromatic heterocycles. The van der Waals surface area contributed by atoms with Crippen molar-refractivity contribution in [2.45, 2.75) is 0 Å². The van der Waals surface area contributed by atoms with Crippen LogP contribution in [0.2, 0.25) is 0 Å². The van der Waals surface area contributed by atoms with Crippen molar-refractivity contribution in [1.82, 2.24) is 15.0 Å². The van der Waals surface area contributed by atoms with Gasteiger partial charge in [-0.15, -0.1) is 0 Å². The molecule has 4 aromatic rings. The number of hydrogen-bond donors (Lipinski definition) is 3. The molecule has 0 fully saturated rings. The van der Waals surface area contributed by atoms with Gasteiger partial charge in [0.1, 0.15) is 11.5 Å². The molecule has 0 spiro atoms. The van der Waals surface area contributed by atoms with E-state index in [2.05, 4.69) is 20.3 Å². The Balaban J connectivity index is 1.52. The summed E-state index contributed by atoms with van der Waals surface area (Å²) in [6.45, 7) is 0. The number of nitrogens with one attached hydrogen (secondary N) is 2. The Bertz CT molecular complexity index is 1170. The van der Waals surface area contributed by atoms with Gasteiger partial charge in [-0.2, -0.15) is 0 Å². The summed E-state index contributed by atoms with van der Waals surface area (Å²) >= 11 is 0. The zero-order valence-electron chi connectivity index (χ0n) is 15.2. The third-order valence-electron chi connectivity index (χ3n) is 4.38. The molecule has 3 N–H and O–H groups in total. The number of aromatic carboxylic acids is 1. The van der Waals surface area contributed by atoms with Crippen LogP contribution >= 0.6 is 0 Å². The van der Waals surface area contributed by atoms with E-state index in [1.807, 2.05) is 42.5 Å². The lowest BCUT2D eigenvalue weighted by Gasteiger charge is -2.07. The van der Waals surface area contributed by atoms with Crippen molar-refractivity contribution in [1.29, 1.82) is 0 Å². The van der Waals surface area contributed by atoms with Gasteiger partial charge in [0.05, 0.1) is 6.33 Å². The largest absolute Gasteiger partial charge is 0.477 e. The van der Waals surface area contributed by atoms with Gasteiger partial charge in [0.2, 0.25) is 0 Å². The first-order chi connectivity index (χ1) is 14.1. The first-order valence-electron chi connectivity index (χ1n) is 8.82. The molecule has 0 atom stereocenters. The highest BCUT2D eigenvalue weighted by molar-refractivity contribution is 6.04. The Kier molecular flexibility index (Phi) is 4.86. The third kappa shape index (κ3) is 3.89. The molecular weight excluding hydrogens is 368 g/mol. The van der Waals surface area contributed by atoms with Gasteiger partial charge in [0, 0.05) is 17.3 Å². The van der Waals surface area contributed by atoms with Crippen LogP contribution < -0.4 is 5.32 Å². The van der Waals surface area contributed by atoms with Gasteiger partial charge >= 0.3 is 5.97 Å². The molecule has 0 aliphatic carbocycles. The average molecular weight is 384 g/mol. The monoisotopic (exact) mass is 384 g/mol. The number of amides is 1. The molecule has 2 aromatic carbocycles. The van der Waals surface area contributed by atoms with E-state index < -0.39 is 5.97 Å². The summed E-state index contributed by atoms with van der Waals surface area (Å²) in [6.07, 6.45) is 2.97. The fraction of sp³-hybridized carbons (Fsp3) is 0. The van der Waals surface area contributed by atoms with Gasteiger partial charge in [-0.05, 0) is 35.4 Å². The summed E-state index contributed by atoms with van der Waals surface area (Å²) in [4.78, 5) is 34.6. The molecule has 0 saturated carbocycles. The lowest BCUT2D eigenvalue weighted by atomic mass is 10.1. The Morgan fingerprint density at radius 2 is 1.62 bits per heavy atom. The fourth-order valence-corrected chi connectivity index (χ4v) is 2.95. The third-order valence-corrected chi connectivity index (χ3v) is 4.38. The Morgan fingerprint density at radius 3 is 2.34 bits per heavy atom. The minimum Gasteiger partial charge on any atom is -0.477 e. The van der Waals surface area contributed by atoms with Crippen LogP contribution in [0.15, 0.2) is 79.3 Å². The smallest absolute Gasteiger partial charge is 0.354 e. The number of aromatic nitrogens is 3. The number of hydrogen-bond acceptors (Lipinski definition) is 4. The fourth-order valence-electron chi connectivity index (χ4n) is 2.95. The molecule has 29 heavy (non-hydrogen) atoms. The molecule has 0 unspecified atom stereocenters. The van der Waals surface area contributed by atoms with Crippen molar-refractivity contribution in [2.24, 2.45) is 0 Å². The van der Waals surface area contributed by atoms with Crippen molar-refractivity contribution in [3.8, 4) is 22.4 Å². The summed E-state index contributed by atoms with van der Waals surface area (Å²) in [5.74, 6) is -0.959. The van der Waals surface area contributed by atoms with Crippen molar-refractivity contribution in [3.63, 3.8) is 0 Å². The summed E-state index contributed by atoms with van der Waals surface area (Å²) in [5, 5.41) is 12.0. The number of H-pyrrole nitrogens is 1. The highest BCUT2D eigenvalue weighted by Gasteiger charge is 2.15. The van der Waals surface area contributed by atoms with Gasteiger partial charge in [-0.3, -0.25) is 4.79 Å². The molecule has 142 valence electrons. The molecular formula is C22H16N4O3. The number of carbonyl (C=O) groups excluding carboxylic acids is 1. The lowest BCUT2D eigenvalue weighted by molar-refractivity contribution is 0.0691. The molecule has 0 aliphatic rings. The number of nitrogens with zero attached hydrogens (tertiary/aromatic N) is 2. The Hall–Kier alpha value is -4.26. The van der Waals surface area contributed by atoms with E-state index in [-0.39, 0.29) is 11.6 Å². The van der Waals surface area contributed by atoms with E-state index in [9.17, 15) is 14.7 Å². The predicted molar refractivity (Wildman–Crippen MR) is 109 cm³/mol.